The molecule has 1 aliphatic rings. The Morgan fingerprint density at radius 2 is 1.96 bits per heavy atom. The van der Waals surface area contributed by atoms with Crippen molar-refractivity contribution in [2.75, 3.05) is 0 Å². The molecular weight excluding hydrogens is 332 g/mol. The molecular formula is C16H18N2O3S2. The van der Waals surface area contributed by atoms with Gasteiger partial charge in [0.25, 0.3) is 15.9 Å². The van der Waals surface area contributed by atoms with Gasteiger partial charge in [-0.15, -0.1) is 16.2 Å². The average Bonchev–Trinajstić information content (AvgIpc) is 3.05. The molecule has 1 aromatic carbocycles. The summed E-state index contributed by atoms with van der Waals surface area (Å²) < 4.78 is 24.6. The van der Waals surface area contributed by atoms with Gasteiger partial charge in [0.05, 0.1) is 9.77 Å². The lowest BCUT2D eigenvalue weighted by atomic mass is 10.2. The van der Waals surface area contributed by atoms with E-state index in [0.29, 0.717) is 10.4 Å². The number of nitrogens with one attached hydrogen (secondary N) is 2. The van der Waals surface area contributed by atoms with Crippen LogP contribution >= 0.6 is 11.3 Å². The number of hydrazine groups is 1. The van der Waals surface area contributed by atoms with Crippen LogP contribution < -0.4 is 10.3 Å². The summed E-state index contributed by atoms with van der Waals surface area (Å²) in [5.74, 6) is -0.419. The van der Waals surface area contributed by atoms with E-state index < -0.39 is 15.9 Å². The largest absolute Gasteiger partial charge is 0.276 e. The average molecular weight is 350 g/mol. The molecule has 1 amide bonds. The Morgan fingerprint density at radius 3 is 2.65 bits per heavy atom. The van der Waals surface area contributed by atoms with Crippen LogP contribution in [0.1, 0.15) is 37.7 Å². The molecule has 0 aliphatic heterocycles. The Kier molecular flexibility index (Phi) is 4.27. The van der Waals surface area contributed by atoms with Crippen molar-refractivity contribution in [1.82, 2.24) is 10.3 Å². The predicted molar refractivity (Wildman–Crippen MR) is 90.0 cm³/mol. The van der Waals surface area contributed by atoms with Gasteiger partial charge in [-0.05, 0) is 56.4 Å². The zero-order valence-corrected chi connectivity index (χ0v) is 14.6. The maximum Gasteiger partial charge on any atom is 0.276 e. The molecule has 2 aromatic rings. The van der Waals surface area contributed by atoms with Crippen LogP contribution in [-0.2, 0) is 22.9 Å². The molecule has 0 unspecified atom stereocenters. The second kappa shape index (κ2) is 6.07. The van der Waals surface area contributed by atoms with E-state index in [1.807, 2.05) is 13.0 Å². The molecule has 0 saturated carbocycles. The third-order valence-electron chi connectivity index (χ3n) is 3.89. The van der Waals surface area contributed by atoms with Crippen LogP contribution in [0.3, 0.4) is 0 Å². The number of fused-ring (bicyclic) bond motifs is 1. The first-order chi connectivity index (χ1) is 10.9. The van der Waals surface area contributed by atoms with E-state index in [1.54, 1.807) is 25.1 Å². The van der Waals surface area contributed by atoms with Gasteiger partial charge in [-0.3, -0.25) is 10.2 Å². The number of carbonyl (C=O) groups excluding carboxylic acids is 1. The molecule has 1 heterocycles. The summed E-state index contributed by atoms with van der Waals surface area (Å²) in [6.07, 6.45) is 3.12. The summed E-state index contributed by atoms with van der Waals surface area (Å²) in [6.45, 7) is 3.63. The van der Waals surface area contributed by atoms with Crippen LogP contribution in [0.4, 0.5) is 0 Å². The van der Waals surface area contributed by atoms with Crippen molar-refractivity contribution in [3.05, 3.63) is 50.7 Å². The van der Waals surface area contributed by atoms with E-state index in [-0.39, 0.29) is 4.90 Å². The van der Waals surface area contributed by atoms with E-state index in [0.717, 1.165) is 24.8 Å². The molecule has 0 bridgehead atoms. The Balaban J connectivity index is 1.72. The van der Waals surface area contributed by atoms with Crippen LogP contribution in [0.5, 0.6) is 0 Å². The van der Waals surface area contributed by atoms with Crippen LogP contribution in [0.25, 0.3) is 0 Å². The van der Waals surface area contributed by atoms with Crippen LogP contribution in [0.2, 0.25) is 0 Å². The number of hydrogen-bond acceptors (Lipinski definition) is 4. The molecule has 1 aromatic heterocycles. The lowest BCUT2D eigenvalue weighted by molar-refractivity contribution is 0.0949. The Hall–Kier alpha value is -1.70. The second-order valence-corrected chi connectivity index (χ2v) is 8.53. The number of carbonyl (C=O) groups is 1. The zero-order chi connectivity index (χ0) is 16.6. The Morgan fingerprint density at radius 1 is 1.17 bits per heavy atom. The normalized spacial score (nSPS) is 13.8. The van der Waals surface area contributed by atoms with E-state index in [2.05, 4.69) is 10.3 Å². The number of rotatable bonds is 4. The van der Waals surface area contributed by atoms with E-state index in [4.69, 9.17) is 0 Å². The summed E-state index contributed by atoms with van der Waals surface area (Å²) in [5.41, 5.74) is 5.13. The fraction of sp³-hybridized carbons (Fsp3) is 0.312. The summed E-state index contributed by atoms with van der Waals surface area (Å²) in [6, 6.07) is 6.92. The van der Waals surface area contributed by atoms with Gasteiger partial charge in [-0.25, -0.2) is 8.42 Å². The summed E-state index contributed by atoms with van der Waals surface area (Å²) in [7, 11) is -3.78. The first-order valence-corrected chi connectivity index (χ1v) is 9.68. The third-order valence-corrected chi connectivity index (χ3v) is 6.53. The minimum Gasteiger partial charge on any atom is -0.273 e. The van der Waals surface area contributed by atoms with Crippen molar-refractivity contribution in [2.24, 2.45) is 0 Å². The number of hydrogen-bond donors (Lipinski definition) is 2. The highest BCUT2D eigenvalue weighted by Crippen LogP contribution is 2.30. The number of amides is 1. The first kappa shape index (κ1) is 16.2. The smallest absolute Gasteiger partial charge is 0.273 e. The lowest BCUT2D eigenvalue weighted by Gasteiger charge is -2.10. The van der Waals surface area contributed by atoms with Crippen LogP contribution in [0, 0.1) is 13.8 Å². The monoisotopic (exact) mass is 350 g/mol. The topological polar surface area (TPSA) is 75.3 Å². The van der Waals surface area contributed by atoms with Gasteiger partial charge in [0.2, 0.25) is 0 Å². The van der Waals surface area contributed by atoms with Crippen LogP contribution in [-0.4, -0.2) is 14.3 Å². The van der Waals surface area contributed by atoms with Crippen molar-refractivity contribution < 1.29 is 13.2 Å². The minimum absolute atomic E-state index is 0.164. The molecule has 0 saturated heterocycles. The molecule has 0 spiro atoms. The van der Waals surface area contributed by atoms with Gasteiger partial charge in [-0.1, -0.05) is 17.7 Å². The molecule has 122 valence electrons. The molecule has 7 heteroatoms. The molecule has 0 fully saturated rings. The fourth-order valence-corrected chi connectivity index (χ4v) is 4.99. The van der Waals surface area contributed by atoms with Gasteiger partial charge in [0, 0.05) is 4.88 Å². The zero-order valence-electron chi connectivity index (χ0n) is 13.0. The van der Waals surface area contributed by atoms with Crippen LogP contribution in [0.15, 0.2) is 29.2 Å². The molecule has 3 rings (SSSR count). The predicted octanol–water partition coefficient (Wildman–Crippen LogP) is 2.48. The molecule has 1 aliphatic carbocycles. The van der Waals surface area contributed by atoms with E-state index in [9.17, 15) is 13.2 Å². The number of benzene rings is 1. The van der Waals surface area contributed by atoms with Crippen molar-refractivity contribution >= 4 is 27.3 Å². The van der Waals surface area contributed by atoms with Crippen molar-refractivity contribution in [2.45, 2.75) is 38.0 Å². The number of thiophene rings is 1. The van der Waals surface area contributed by atoms with Gasteiger partial charge in [-0.2, -0.15) is 0 Å². The summed E-state index contributed by atoms with van der Waals surface area (Å²) >= 11 is 1.43. The van der Waals surface area contributed by atoms with Crippen molar-refractivity contribution in [3.63, 3.8) is 0 Å². The molecule has 23 heavy (non-hydrogen) atoms. The lowest BCUT2D eigenvalue weighted by Crippen LogP contribution is -2.41. The van der Waals surface area contributed by atoms with Gasteiger partial charge >= 0.3 is 0 Å². The van der Waals surface area contributed by atoms with Gasteiger partial charge in [0.15, 0.2) is 0 Å². The quantitative estimate of drug-likeness (QED) is 0.832. The second-order valence-electron chi connectivity index (χ2n) is 5.74. The summed E-state index contributed by atoms with van der Waals surface area (Å²) in [5, 5.41) is 0. The molecule has 0 atom stereocenters. The van der Waals surface area contributed by atoms with Crippen molar-refractivity contribution in [1.29, 1.82) is 0 Å². The molecule has 0 radical (unpaired) electrons. The fourth-order valence-electron chi connectivity index (χ4n) is 2.77. The van der Waals surface area contributed by atoms with E-state index in [1.165, 1.54) is 21.8 Å². The molecule has 5 nitrogen and oxygen atoms in total. The van der Waals surface area contributed by atoms with E-state index >= 15 is 0 Å². The third kappa shape index (κ3) is 3.31. The van der Waals surface area contributed by atoms with Crippen molar-refractivity contribution in [3.8, 4) is 0 Å². The maximum atomic E-state index is 12.3. The number of sulfonamides is 1. The number of aryl methyl sites for hydroxylation is 4. The first-order valence-electron chi connectivity index (χ1n) is 7.38. The minimum atomic E-state index is -3.78. The van der Waals surface area contributed by atoms with Gasteiger partial charge < -0.3 is 0 Å². The molecule has 2 N–H and O–H groups in total. The standard InChI is InChI=1S/C16H18N2O3S2/c1-10-6-7-15(11(2)8-10)23(20,21)18-17-16(19)14-9-12-4-3-5-13(12)22-14/h6-9,18H,3-5H2,1-2H3,(H,17,19). The highest BCUT2D eigenvalue weighted by Gasteiger charge is 2.21. The summed E-state index contributed by atoms with van der Waals surface area (Å²) in [4.78, 5) is 16.3. The maximum absolute atomic E-state index is 12.3. The Labute approximate surface area is 139 Å². The Bertz CT molecular complexity index is 848. The highest BCUT2D eigenvalue weighted by molar-refractivity contribution is 7.89. The van der Waals surface area contributed by atoms with Gasteiger partial charge in [0.1, 0.15) is 0 Å². The highest BCUT2D eigenvalue weighted by atomic mass is 32.2. The SMILES string of the molecule is Cc1ccc(S(=O)(=O)NNC(=O)c2cc3c(s2)CCC3)c(C)c1.